The zero-order valence-electron chi connectivity index (χ0n) is 12.4. The van der Waals surface area contributed by atoms with Gasteiger partial charge in [-0.15, -0.1) is 0 Å². The second kappa shape index (κ2) is 7.75. The van der Waals surface area contributed by atoms with Crippen molar-refractivity contribution in [3.8, 4) is 5.75 Å². The Labute approximate surface area is 137 Å². The average Bonchev–Trinajstić information content (AvgIpc) is 2.52. The lowest BCUT2D eigenvalue weighted by Crippen LogP contribution is -2.30. The fourth-order valence-electron chi connectivity index (χ4n) is 3.18. The summed E-state index contributed by atoms with van der Waals surface area (Å²) in [5, 5.41) is 4.25. The molecule has 2 heterocycles. The molecule has 2 aliphatic rings. The minimum atomic E-state index is 0.328. The number of halogens is 1. The molecule has 0 radical (unpaired) electrons. The van der Waals surface area contributed by atoms with Crippen LogP contribution in [0.2, 0.25) is 5.02 Å². The molecule has 4 heteroatoms. The number of nitrogens with one attached hydrogen (secondary N) is 1. The molecular formula is C17H24ClNOS. The molecule has 2 aliphatic heterocycles. The minimum absolute atomic E-state index is 0.328. The van der Waals surface area contributed by atoms with E-state index >= 15 is 0 Å². The summed E-state index contributed by atoms with van der Waals surface area (Å²) in [6, 6.07) is 6.35. The number of benzene rings is 1. The molecule has 2 unspecified atom stereocenters. The van der Waals surface area contributed by atoms with Crippen LogP contribution < -0.4 is 10.1 Å². The summed E-state index contributed by atoms with van der Waals surface area (Å²) in [5.41, 5.74) is 1.33. The fraction of sp³-hybridized carbons (Fsp3) is 0.647. The molecule has 1 N–H and O–H groups in total. The van der Waals surface area contributed by atoms with E-state index in [2.05, 4.69) is 23.5 Å². The lowest BCUT2D eigenvalue weighted by atomic mass is 9.92. The van der Waals surface area contributed by atoms with Gasteiger partial charge in [-0.2, -0.15) is 11.8 Å². The lowest BCUT2D eigenvalue weighted by molar-refractivity contribution is 0.211. The van der Waals surface area contributed by atoms with E-state index < -0.39 is 0 Å². The smallest absolute Gasteiger partial charge is 0.138 e. The molecule has 0 aromatic heterocycles. The summed E-state index contributed by atoms with van der Waals surface area (Å²) >= 11 is 8.40. The van der Waals surface area contributed by atoms with Crippen molar-refractivity contribution >= 4 is 23.4 Å². The third kappa shape index (κ3) is 4.54. The van der Waals surface area contributed by atoms with Crippen LogP contribution >= 0.6 is 23.4 Å². The summed E-state index contributed by atoms with van der Waals surface area (Å²) in [6.45, 7) is 2.30. The normalized spacial score (nSPS) is 26.5. The Balaban J connectivity index is 1.59. The number of piperidine rings is 1. The molecule has 1 aromatic carbocycles. The van der Waals surface area contributed by atoms with Gasteiger partial charge in [0.25, 0.3) is 0 Å². The molecule has 0 spiro atoms. The Morgan fingerprint density at radius 1 is 1.29 bits per heavy atom. The maximum atomic E-state index is 6.42. The molecule has 0 saturated carbocycles. The summed E-state index contributed by atoms with van der Waals surface area (Å²) in [6.07, 6.45) is 6.46. The van der Waals surface area contributed by atoms with Crippen molar-refractivity contribution in [3.05, 3.63) is 28.8 Å². The maximum Gasteiger partial charge on any atom is 0.138 e. The first-order chi connectivity index (χ1) is 10.3. The second-order valence-electron chi connectivity index (χ2n) is 6.14. The van der Waals surface area contributed by atoms with Gasteiger partial charge in [0.2, 0.25) is 0 Å². The van der Waals surface area contributed by atoms with Crippen molar-refractivity contribution < 1.29 is 4.74 Å². The first-order valence-corrected chi connectivity index (χ1v) is 9.58. The number of rotatable bonds is 4. The molecule has 2 fully saturated rings. The van der Waals surface area contributed by atoms with Gasteiger partial charge in [0.1, 0.15) is 11.9 Å². The first kappa shape index (κ1) is 15.5. The SMILES string of the molecule is Clc1cc(CC2CCCNC2)ccc1OC1CCCSC1. The van der Waals surface area contributed by atoms with Crippen LogP contribution in [-0.4, -0.2) is 30.7 Å². The molecule has 21 heavy (non-hydrogen) atoms. The highest BCUT2D eigenvalue weighted by Gasteiger charge is 2.18. The zero-order chi connectivity index (χ0) is 14.5. The Morgan fingerprint density at radius 2 is 2.24 bits per heavy atom. The number of hydrogen-bond donors (Lipinski definition) is 1. The third-order valence-electron chi connectivity index (χ3n) is 4.33. The Morgan fingerprint density at radius 3 is 2.95 bits per heavy atom. The van der Waals surface area contributed by atoms with Gasteiger partial charge < -0.3 is 10.1 Å². The van der Waals surface area contributed by atoms with Gasteiger partial charge in [-0.05, 0) is 74.6 Å². The van der Waals surface area contributed by atoms with Crippen LogP contribution in [0, 0.1) is 5.92 Å². The molecular weight excluding hydrogens is 302 g/mol. The lowest BCUT2D eigenvalue weighted by Gasteiger charge is -2.24. The largest absolute Gasteiger partial charge is 0.488 e. The average molecular weight is 326 g/mol. The minimum Gasteiger partial charge on any atom is -0.488 e. The molecule has 3 rings (SSSR count). The van der Waals surface area contributed by atoms with Gasteiger partial charge in [0.15, 0.2) is 0 Å². The quantitative estimate of drug-likeness (QED) is 0.898. The van der Waals surface area contributed by atoms with Crippen LogP contribution in [0.3, 0.4) is 0 Å². The highest BCUT2D eigenvalue weighted by molar-refractivity contribution is 7.99. The fourth-order valence-corrected chi connectivity index (χ4v) is 4.46. The van der Waals surface area contributed by atoms with E-state index in [4.69, 9.17) is 16.3 Å². The number of ether oxygens (including phenoxy) is 1. The molecule has 2 nitrogen and oxygen atoms in total. The molecule has 0 amide bonds. The summed E-state index contributed by atoms with van der Waals surface area (Å²) in [4.78, 5) is 0. The Kier molecular flexibility index (Phi) is 5.73. The topological polar surface area (TPSA) is 21.3 Å². The van der Waals surface area contributed by atoms with Gasteiger partial charge in [0, 0.05) is 5.75 Å². The Hall–Kier alpha value is -0.380. The zero-order valence-corrected chi connectivity index (χ0v) is 14.0. The van der Waals surface area contributed by atoms with Crippen molar-refractivity contribution in [2.45, 2.75) is 38.2 Å². The summed E-state index contributed by atoms with van der Waals surface area (Å²) in [7, 11) is 0. The van der Waals surface area contributed by atoms with E-state index in [1.165, 1.54) is 37.1 Å². The predicted octanol–water partition coefficient (Wildman–Crippen LogP) is 4.16. The molecule has 2 saturated heterocycles. The van der Waals surface area contributed by atoms with E-state index in [-0.39, 0.29) is 0 Å². The highest BCUT2D eigenvalue weighted by Crippen LogP contribution is 2.30. The van der Waals surface area contributed by atoms with E-state index in [0.717, 1.165) is 41.8 Å². The van der Waals surface area contributed by atoms with Gasteiger partial charge in [-0.3, -0.25) is 0 Å². The Bertz CT molecular complexity index is 456. The van der Waals surface area contributed by atoms with Crippen molar-refractivity contribution in [3.63, 3.8) is 0 Å². The highest BCUT2D eigenvalue weighted by atomic mass is 35.5. The van der Waals surface area contributed by atoms with Crippen LogP contribution in [0.1, 0.15) is 31.2 Å². The molecule has 0 bridgehead atoms. The van der Waals surface area contributed by atoms with E-state index in [0.29, 0.717) is 6.10 Å². The van der Waals surface area contributed by atoms with Crippen LogP contribution in [0.4, 0.5) is 0 Å². The second-order valence-corrected chi connectivity index (χ2v) is 7.70. The van der Waals surface area contributed by atoms with Crippen LogP contribution in [0.5, 0.6) is 5.75 Å². The van der Waals surface area contributed by atoms with Crippen molar-refractivity contribution in [2.24, 2.45) is 5.92 Å². The van der Waals surface area contributed by atoms with Gasteiger partial charge in [0.05, 0.1) is 5.02 Å². The molecule has 1 aromatic rings. The third-order valence-corrected chi connectivity index (χ3v) is 5.81. The van der Waals surface area contributed by atoms with Gasteiger partial charge in [-0.25, -0.2) is 0 Å². The maximum absolute atomic E-state index is 6.42. The standard InChI is InChI=1S/C17H24ClNOS/c18-16-10-13(9-14-3-1-7-19-11-14)5-6-17(16)20-15-4-2-8-21-12-15/h5-6,10,14-15,19H,1-4,7-9,11-12H2. The van der Waals surface area contributed by atoms with Gasteiger partial charge >= 0.3 is 0 Å². The van der Waals surface area contributed by atoms with E-state index in [1.807, 2.05) is 11.8 Å². The molecule has 2 atom stereocenters. The van der Waals surface area contributed by atoms with Crippen molar-refractivity contribution in [1.29, 1.82) is 0 Å². The van der Waals surface area contributed by atoms with Crippen LogP contribution in [0.25, 0.3) is 0 Å². The first-order valence-electron chi connectivity index (χ1n) is 8.05. The number of thioether (sulfide) groups is 1. The summed E-state index contributed by atoms with van der Waals surface area (Å²) < 4.78 is 6.07. The monoisotopic (exact) mass is 325 g/mol. The van der Waals surface area contributed by atoms with E-state index in [1.54, 1.807) is 0 Å². The van der Waals surface area contributed by atoms with Crippen LogP contribution in [-0.2, 0) is 6.42 Å². The van der Waals surface area contributed by atoms with E-state index in [9.17, 15) is 0 Å². The van der Waals surface area contributed by atoms with Crippen molar-refractivity contribution in [2.75, 3.05) is 24.6 Å². The van der Waals surface area contributed by atoms with Crippen molar-refractivity contribution in [1.82, 2.24) is 5.32 Å². The molecule has 0 aliphatic carbocycles. The summed E-state index contributed by atoms with van der Waals surface area (Å²) in [5.74, 6) is 3.96. The number of hydrogen-bond acceptors (Lipinski definition) is 3. The molecule has 116 valence electrons. The van der Waals surface area contributed by atoms with Crippen LogP contribution in [0.15, 0.2) is 18.2 Å². The predicted molar refractivity (Wildman–Crippen MR) is 91.7 cm³/mol. The van der Waals surface area contributed by atoms with Gasteiger partial charge in [-0.1, -0.05) is 17.7 Å².